The molecule has 4 fully saturated rings. The SMILES string of the molecule is Cc1ccc(OCc2ccc(CN3CCOCC3)cc2OC(F)(F)F)c(-c2csc(N3C[C@@H]4CCCC3C[C@@H]4C(=O)O)n2)c1. The molecule has 7 rings (SSSR count). The van der Waals surface area contributed by atoms with E-state index >= 15 is 0 Å². The summed E-state index contributed by atoms with van der Waals surface area (Å²) in [7, 11) is 0. The first kappa shape index (κ1) is 30.7. The summed E-state index contributed by atoms with van der Waals surface area (Å²) in [6.45, 7) is 5.65. The van der Waals surface area contributed by atoms with Crippen molar-refractivity contribution in [3.63, 3.8) is 0 Å². The molecule has 3 atom stereocenters. The van der Waals surface area contributed by atoms with Gasteiger partial charge in [-0.15, -0.1) is 24.5 Å². The number of rotatable bonds is 9. The molecule has 3 aliphatic heterocycles. The second-order valence-corrected chi connectivity index (χ2v) is 12.7. The van der Waals surface area contributed by atoms with Crippen molar-refractivity contribution in [2.45, 2.75) is 58.2 Å². The minimum absolute atomic E-state index is 0.102. The molecule has 0 radical (unpaired) electrons. The summed E-state index contributed by atoms with van der Waals surface area (Å²) in [6, 6.07) is 10.7. The summed E-state index contributed by atoms with van der Waals surface area (Å²) in [5, 5.41) is 12.5. The average molecular weight is 632 g/mol. The Morgan fingerprint density at radius 3 is 2.73 bits per heavy atom. The number of benzene rings is 2. The number of thiazole rings is 1. The molecule has 1 unspecified atom stereocenters. The smallest absolute Gasteiger partial charge is 0.488 e. The van der Waals surface area contributed by atoms with Crippen LogP contribution in [0.3, 0.4) is 0 Å². The number of carboxylic acid groups (broad SMARTS) is 1. The Labute approximate surface area is 258 Å². The van der Waals surface area contributed by atoms with Crippen LogP contribution in [0.5, 0.6) is 11.5 Å². The molecule has 3 saturated heterocycles. The zero-order valence-corrected chi connectivity index (χ0v) is 25.3. The highest BCUT2D eigenvalue weighted by molar-refractivity contribution is 7.14. The Morgan fingerprint density at radius 1 is 1.14 bits per heavy atom. The van der Waals surface area contributed by atoms with E-state index in [0.29, 0.717) is 44.2 Å². The summed E-state index contributed by atoms with van der Waals surface area (Å²) in [5.74, 6) is -0.687. The van der Waals surface area contributed by atoms with Gasteiger partial charge in [0.25, 0.3) is 0 Å². The number of hydrogen-bond acceptors (Lipinski definition) is 8. The molecule has 4 aliphatic rings. The van der Waals surface area contributed by atoms with Crippen LogP contribution in [0.4, 0.5) is 18.3 Å². The lowest BCUT2D eigenvalue weighted by molar-refractivity contribution is -0.275. The van der Waals surface area contributed by atoms with Crippen LogP contribution in [0.1, 0.15) is 42.4 Å². The monoisotopic (exact) mass is 631 g/mol. The van der Waals surface area contributed by atoms with Crippen LogP contribution in [-0.4, -0.2) is 66.2 Å². The van der Waals surface area contributed by atoms with E-state index in [-0.39, 0.29) is 35.8 Å². The summed E-state index contributed by atoms with van der Waals surface area (Å²) in [6.07, 6.45) is -1.34. The van der Waals surface area contributed by atoms with Gasteiger partial charge in [-0.1, -0.05) is 30.2 Å². The van der Waals surface area contributed by atoms with Gasteiger partial charge in [0.1, 0.15) is 18.1 Å². The van der Waals surface area contributed by atoms with Gasteiger partial charge in [0.2, 0.25) is 0 Å². The predicted octanol–water partition coefficient (Wildman–Crippen LogP) is 6.51. The third kappa shape index (κ3) is 7.13. The maximum absolute atomic E-state index is 13.4. The number of anilines is 1. The van der Waals surface area contributed by atoms with Crippen molar-refractivity contribution in [3.8, 4) is 22.8 Å². The van der Waals surface area contributed by atoms with E-state index in [4.69, 9.17) is 14.5 Å². The molecule has 4 heterocycles. The highest BCUT2D eigenvalue weighted by atomic mass is 32.1. The van der Waals surface area contributed by atoms with Crippen molar-refractivity contribution in [1.82, 2.24) is 9.88 Å². The van der Waals surface area contributed by atoms with Crippen LogP contribution in [0, 0.1) is 18.8 Å². The fourth-order valence-electron chi connectivity index (χ4n) is 6.56. The molecule has 12 heteroatoms. The van der Waals surface area contributed by atoms with Crippen LogP contribution in [-0.2, 0) is 22.7 Å². The van der Waals surface area contributed by atoms with Crippen molar-refractivity contribution >= 4 is 22.4 Å². The van der Waals surface area contributed by atoms with Crippen LogP contribution in [0.2, 0.25) is 0 Å². The quantitative estimate of drug-likeness (QED) is 0.286. The predicted molar refractivity (Wildman–Crippen MR) is 160 cm³/mol. The third-order valence-corrected chi connectivity index (χ3v) is 9.67. The Balaban J connectivity index is 1.21. The van der Waals surface area contributed by atoms with E-state index in [0.717, 1.165) is 54.2 Å². The standard InChI is InChI=1S/C32H36F3N3O5S/c1-20-5-8-28(42-18-23-7-6-21(14-29(23)43-32(33,34)35)16-37-9-11-41-12-10-37)26(13-20)27-19-44-31(36-27)38-17-22-3-2-4-24(38)15-25(22)30(39)40/h5-8,13-14,19,22,24-25H,2-4,9-12,15-18H2,1H3,(H,39,40)/t22-,24?,25-/m0/s1. The van der Waals surface area contributed by atoms with Gasteiger partial charge < -0.3 is 24.2 Å². The van der Waals surface area contributed by atoms with E-state index in [1.807, 2.05) is 36.6 Å². The molecule has 3 aromatic rings. The third-order valence-electron chi connectivity index (χ3n) is 8.80. The lowest BCUT2D eigenvalue weighted by atomic mass is 9.83. The molecule has 1 saturated carbocycles. The topological polar surface area (TPSA) is 84.4 Å². The number of aliphatic carboxylic acids is 1. The van der Waals surface area contributed by atoms with E-state index < -0.39 is 12.3 Å². The lowest BCUT2D eigenvalue weighted by Gasteiger charge is -2.39. The maximum Gasteiger partial charge on any atom is 0.573 e. The van der Waals surface area contributed by atoms with Crippen LogP contribution >= 0.6 is 11.3 Å². The molecular weight excluding hydrogens is 595 g/mol. The number of aryl methyl sites for hydroxylation is 1. The van der Waals surface area contributed by atoms with Gasteiger partial charge in [0.05, 0.1) is 24.8 Å². The summed E-state index contributed by atoms with van der Waals surface area (Å²) >= 11 is 1.52. The van der Waals surface area contributed by atoms with Gasteiger partial charge >= 0.3 is 12.3 Å². The maximum atomic E-state index is 13.4. The molecular formula is C32H36F3N3O5S. The number of aromatic nitrogens is 1. The second-order valence-electron chi connectivity index (χ2n) is 11.9. The molecule has 2 aromatic carbocycles. The van der Waals surface area contributed by atoms with Crippen molar-refractivity contribution in [2.24, 2.45) is 11.8 Å². The summed E-state index contributed by atoms with van der Waals surface area (Å²) in [4.78, 5) is 21.2. The Bertz CT molecular complexity index is 1480. The van der Waals surface area contributed by atoms with Gasteiger partial charge in [0.15, 0.2) is 5.13 Å². The molecule has 8 nitrogen and oxygen atoms in total. The molecule has 0 spiro atoms. The van der Waals surface area contributed by atoms with E-state index in [9.17, 15) is 23.1 Å². The highest BCUT2D eigenvalue weighted by Crippen LogP contribution is 2.42. The number of nitrogens with zero attached hydrogens (tertiary/aromatic N) is 3. The number of carboxylic acids is 1. The van der Waals surface area contributed by atoms with Gasteiger partial charge in [0, 0.05) is 48.7 Å². The fourth-order valence-corrected chi connectivity index (χ4v) is 7.47. The lowest BCUT2D eigenvalue weighted by Crippen LogP contribution is -2.47. The van der Waals surface area contributed by atoms with Crippen molar-refractivity contribution in [1.29, 1.82) is 0 Å². The van der Waals surface area contributed by atoms with E-state index in [1.165, 1.54) is 17.4 Å². The number of morpholine rings is 1. The summed E-state index contributed by atoms with van der Waals surface area (Å²) < 4.78 is 56.1. The minimum Gasteiger partial charge on any atom is -0.488 e. The van der Waals surface area contributed by atoms with E-state index in [1.54, 1.807) is 6.07 Å². The second kappa shape index (κ2) is 12.9. The molecule has 236 valence electrons. The number of carbonyl (C=O) groups is 1. The number of fused-ring (bicyclic) bond motifs is 4. The number of hydrogen-bond donors (Lipinski definition) is 1. The number of alkyl halides is 3. The first-order valence-electron chi connectivity index (χ1n) is 15.0. The van der Waals surface area contributed by atoms with E-state index in [2.05, 4.69) is 14.5 Å². The van der Waals surface area contributed by atoms with Crippen LogP contribution in [0.25, 0.3) is 11.3 Å². The Kier molecular flexibility index (Phi) is 9.02. The Hall–Kier alpha value is -3.35. The Morgan fingerprint density at radius 2 is 1.95 bits per heavy atom. The minimum atomic E-state index is -4.84. The first-order chi connectivity index (χ1) is 21.1. The molecule has 44 heavy (non-hydrogen) atoms. The van der Waals surface area contributed by atoms with Crippen molar-refractivity contribution in [3.05, 3.63) is 58.5 Å². The molecule has 0 amide bonds. The fraction of sp³-hybridized carbons (Fsp3) is 0.500. The van der Waals surface area contributed by atoms with Crippen molar-refractivity contribution in [2.75, 3.05) is 37.7 Å². The highest BCUT2D eigenvalue weighted by Gasteiger charge is 2.42. The zero-order valence-electron chi connectivity index (χ0n) is 24.5. The van der Waals surface area contributed by atoms with Crippen LogP contribution in [0.15, 0.2) is 41.8 Å². The molecule has 1 aliphatic carbocycles. The van der Waals surface area contributed by atoms with Gasteiger partial charge in [-0.3, -0.25) is 9.69 Å². The van der Waals surface area contributed by atoms with Crippen LogP contribution < -0.4 is 14.4 Å². The summed E-state index contributed by atoms with van der Waals surface area (Å²) in [5.41, 5.74) is 3.46. The van der Waals surface area contributed by atoms with Crippen molar-refractivity contribution < 1.29 is 37.3 Å². The van der Waals surface area contributed by atoms with Gasteiger partial charge in [-0.05, 0) is 55.9 Å². The molecule has 2 bridgehead atoms. The number of ether oxygens (including phenoxy) is 3. The molecule has 1 aromatic heterocycles. The molecule has 1 N–H and O–H groups in total. The van der Waals surface area contributed by atoms with Gasteiger partial charge in [-0.25, -0.2) is 4.98 Å². The zero-order chi connectivity index (χ0) is 30.8. The number of piperidine rings is 1. The average Bonchev–Trinajstić information content (AvgIpc) is 3.26. The normalized spacial score (nSPS) is 22.5. The first-order valence-corrected chi connectivity index (χ1v) is 15.9. The number of halogens is 3. The largest absolute Gasteiger partial charge is 0.573 e. The van der Waals surface area contributed by atoms with Gasteiger partial charge in [-0.2, -0.15) is 0 Å².